The summed E-state index contributed by atoms with van der Waals surface area (Å²) < 4.78 is 0. The Balaban J connectivity index is 0.00000112. The van der Waals surface area contributed by atoms with Crippen molar-refractivity contribution in [2.45, 2.75) is 33.1 Å². The monoisotopic (exact) mass is 232 g/mol. The van der Waals surface area contributed by atoms with E-state index in [1.807, 2.05) is 0 Å². The maximum Gasteiger partial charge on any atom is 0.00507 e. The number of halogens is 1. The maximum atomic E-state index is 3.56. The molecule has 1 spiro atoms. The molecule has 15 heavy (non-hydrogen) atoms. The molecule has 2 aliphatic rings. The quantitative estimate of drug-likeness (QED) is 0.785. The van der Waals surface area contributed by atoms with Gasteiger partial charge in [0.05, 0.1) is 0 Å². The Morgan fingerprint density at radius 2 is 2.13 bits per heavy atom. The van der Waals surface area contributed by atoms with E-state index in [0.717, 1.165) is 5.92 Å². The van der Waals surface area contributed by atoms with Crippen molar-refractivity contribution in [3.05, 3.63) is 0 Å². The molecule has 2 saturated heterocycles. The third-order valence-corrected chi connectivity index (χ3v) is 3.70. The van der Waals surface area contributed by atoms with E-state index in [1.54, 1.807) is 0 Å². The number of likely N-dealkylation sites (tertiary alicyclic amines) is 1. The number of rotatable bonds is 2. The zero-order valence-electron chi connectivity index (χ0n) is 10.1. The second-order valence-electron chi connectivity index (χ2n) is 5.66. The molecule has 0 aromatic heterocycles. The molecule has 0 aromatic rings. The summed E-state index contributed by atoms with van der Waals surface area (Å²) in [5.41, 5.74) is 0.646. The van der Waals surface area contributed by atoms with Gasteiger partial charge in [-0.3, -0.25) is 0 Å². The van der Waals surface area contributed by atoms with Crippen LogP contribution < -0.4 is 5.32 Å². The van der Waals surface area contributed by atoms with Crippen LogP contribution in [0.15, 0.2) is 0 Å². The van der Waals surface area contributed by atoms with Crippen molar-refractivity contribution in [3.8, 4) is 0 Å². The number of piperidine rings is 1. The maximum absolute atomic E-state index is 3.56. The predicted octanol–water partition coefficient (Wildman–Crippen LogP) is 2.14. The van der Waals surface area contributed by atoms with Crippen molar-refractivity contribution in [2.24, 2.45) is 11.3 Å². The van der Waals surface area contributed by atoms with Gasteiger partial charge >= 0.3 is 0 Å². The summed E-state index contributed by atoms with van der Waals surface area (Å²) in [6.45, 7) is 11.1. The third-order valence-electron chi connectivity index (χ3n) is 3.70. The van der Waals surface area contributed by atoms with E-state index in [4.69, 9.17) is 0 Å². The molecule has 0 amide bonds. The molecular weight excluding hydrogens is 208 g/mol. The van der Waals surface area contributed by atoms with E-state index >= 15 is 0 Å². The molecule has 2 aliphatic heterocycles. The first-order chi connectivity index (χ1) is 6.70. The average molecular weight is 233 g/mol. The van der Waals surface area contributed by atoms with Gasteiger partial charge in [-0.1, -0.05) is 13.8 Å². The summed E-state index contributed by atoms with van der Waals surface area (Å²) in [6, 6.07) is 0. The molecule has 1 atom stereocenters. The van der Waals surface area contributed by atoms with E-state index in [1.165, 1.54) is 52.0 Å². The Bertz CT molecular complexity index is 188. The lowest BCUT2D eigenvalue weighted by Crippen LogP contribution is -2.42. The predicted molar refractivity (Wildman–Crippen MR) is 67.7 cm³/mol. The van der Waals surface area contributed by atoms with Gasteiger partial charge < -0.3 is 10.2 Å². The van der Waals surface area contributed by atoms with E-state index < -0.39 is 0 Å². The first kappa shape index (κ1) is 13.3. The van der Waals surface area contributed by atoms with Crippen molar-refractivity contribution in [2.75, 3.05) is 32.7 Å². The topological polar surface area (TPSA) is 15.3 Å². The molecule has 3 heteroatoms. The highest BCUT2D eigenvalue weighted by molar-refractivity contribution is 5.85. The Morgan fingerprint density at radius 1 is 1.33 bits per heavy atom. The summed E-state index contributed by atoms with van der Waals surface area (Å²) in [7, 11) is 0. The lowest BCUT2D eigenvalue weighted by atomic mass is 9.80. The van der Waals surface area contributed by atoms with Gasteiger partial charge in [-0.15, -0.1) is 12.4 Å². The molecule has 0 saturated carbocycles. The molecule has 2 nitrogen and oxygen atoms in total. The van der Waals surface area contributed by atoms with E-state index in [2.05, 4.69) is 24.1 Å². The van der Waals surface area contributed by atoms with Gasteiger partial charge in [-0.25, -0.2) is 0 Å². The number of nitrogens with zero attached hydrogens (tertiary/aromatic N) is 1. The van der Waals surface area contributed by atoms with Crippen molar-refractivity contribution in [3.63, 3.8) is 0 Å². The van der Waals surface area contributed by atoms with Crippen LogP contribution in [0, 0.1) is 11.3 Å². The molecule has 2 fully saturated rings. The van der Waals surface area contributed by atoms with Crippen molar-refractivity contribution < 1.29 is 0 Å². The molecule has 0 aromatic carbocycles. The summed E-state index contributed by atoms with van der Waals surface area (Å²) in [6.07, 6.45) is 4.26. The van der Waals surface area contributed by atoms with Crippen LogP contribution in [0.3, 0.4) is 0 Å². The minimum atomic E-state index is 0. The molecule has 90 valence electrons. The molecule has 0 aliphatic carbocycles. The molecule has 0 radical (unpaired) electrons. The second-order valence-corrected chi connectivity index (χ2v) is 5.66. The van der Waals surface area contributed by atoms with E-state index in [0.29, 0.717) is 5.41 Å². The van der Waals surface area contributed by atoms with Gasteiger partial charge in [0.1, 0.15) is 0 Å². The van der Waals surface area contributed by atoms with Crippen LogP contribution in [0.25, 0.3) is 0 Å². The fraction of sp³-hybridized carbons (Fsp3) is 1.00. The van der Waals surface area contributed by atoms with Crippen LogP contribution in [0.2, 0.25) is 0 Å². The summed E-state index contributed by atoms with van der Waals surface area (Å²) in [5.74, 6) is 0.821. The highest BCUT2D eigenvalue weighted by atomic mass is 35.5. The van der Waals surface area contributed by atoms with Crippen molar-refractivity contribution in [1.29, 1.82) is 0 Å². The van der Waals surface area contributed by atoms with Gasteiger partial charge in [0, 0.05) is 19.6 Å². The standard InChI is InChI=1S/C12H24N2.ClH/c1-11(2)8-14-7-5-12(10-14)4-3-6-13-9-12;/h11,13H,3-10H2,1-2H3;1H. The molecule has 0 bridgehead atoms. The lowest BCUT2D eigenvalue weighted by Gasteiger charge is -2.34. The minimum Gasteiger partial charge on any atom is -0.316 e. The zero-order chi connectivity index (χ0) is 10.0. The number of nitrogens with one attached hydrogen (secondary N) is 1. The smallest absolute Gasteiger partial charge is 0.00507 e. The molecule has 1 unspecified atom stereocenters. The van der Waals surface area contributed by atoms with Gasteiger partial charge in [0.15, 0.2) is 0 Å². The number of hydrogen-bond donors (Lipinski definition) is 1. The van der Waals surface area contributed by atoms with Crippen LogP contribution in [-0.4, -0.2) is 37.6 Å². The highest BCUT2D eigenvalue weighted by Gasteiger charge is 2.38. The average Bonchev–Trinajstić information content (AvgIpc) is 2.49. The van der Waals surface area contributed by atoms with Gasteiger partial charge in [-0.05, 0) is 43.7 Å². The van der Waals surface area contributed by atoms with Crippen LogP contribution in [0.5, 0.6) is 0 Å². The largest absolute Gasteiger partial charge is 0.316 e. The highest BCUT2D eigenvalue weighted by Crippen LogP contribution is 2.36. The normalized spacial score (nSPS) is 32.2. The Labute approximate surface area is 100 Å². The van der Waals surface area contributed by atoms with Gasteiger partial charge in [0.25, 0.3) is 0 Å². The zero-order valence-corrected chi connectivity index (χ0v) is 10.9. The van der Waals surface area contributed by atoms with E-state index in [9.17, 15) is 0 Å². The Hall–Kier alpha value is 0.210. The first-order valence-electron chi connectivity index (χ1n) is 6.13. The fourth-order valence-corrected chi connectivity index (χ4v) is 3.08. The summed E-state index contributed by atoms with van der Waals surface area (Å²) in [5, 5.41) is 3.56. The molecule has 1 N–H and O–H groups in total. The first-order valence-corrected chi connectivity index (χ1v) is 6.13. The third kappa shape index (κ3) is 3.33. The molecule has 2 heterocycles. The van der Waals surface area contributed by atoms with Crippen LogP contribution >= 0.6 is 12.4 Å². The molecule has 2 rings (SSSR count). The van der Waals surface area contributed by atoms with E-state index in [-0.39, 0.29) is 12.4 Å². The van der Waals surface area contributed by atoms with Gasteiger partial charge in [0.2, 0.25) is 0 Å². The molecular formula is C12H25ClN2. The summed E-state index contributed by atoms with van der Waals surface area (Å²) in [4.78, 5) is 2.66. The minimum absolute atomic E-state index is 0. The van der Waals surface area contributed by atoms with Gasteiger partial charge in [-0.2, -0.15) is 0 Å². The van der Waals surface area contributed by atoms with Crippen molar-refractivity contribution in [1.82, 2.24) is 10.2 Å². The fourth-order valence-electron chi connectivity index (χ4n) is 3.08. The number of hydrogen-bond acceptors (Lipinski definition) is 2. The van der Waals surface area contributed by atoms with Crippen LogP contribution in [0.1, 0.15) is 33.1 Å². The Kier molecular flexibility index (Phi) is 4.88. The van der Waals surface area contributed by atoms with Crippen molar-refractivity contribution >= 4 is 12.4 Å². The van der Waals surface area contributed by atoms with Crippen LogP contribution in [0.4, 0.5) is 0 Å². The summed E-state index contributed by atoms with van der Waals surface area (Å²) >= 11 is 0. The second kappa shape index (κ2) is 5.51. The SMILES string of the molecule is CC(C)CN1CCC2(CCCNC2)C1.Cl. The van der Waals surface area contributed by atoms with Crippen LogP contribution in [-0.2, 0) is 0 Å². The Morgan fingerprint density at radius 3 is 2.73 bits per heavy atom. The lowest BCUT2D eigenvalue weighted by molar-refractivity contribution is 0.194.